The number of aliphatic carboxylic acids is 4. The third-order valence-electron chi connectivity index (χ3n) is 17.5. The molecule has 0 aliphatic carbocycles. The highest BCUT2D eigenvalue weighted by molar-refractivity contribution is 14.1. The van der Waals surface area contributed by atoms with E-state index in [-0.39, 0.29) is 35.8 Å². The molecule has 38 heteroatoms. The molecular weight excluding hydrogens is 3420 g/mol. The topological polar surface area (TPSA) is 341 Å². The van der Waals surface area contributed by atoms with Gasteiger partial charge in [0.25, 0.3) is 0 Å². The fourth-order valence-electron chi connectivity index (χ4n) is 11.9. The van der Waals surface area contributed by atoms with Gasteiger partial charge in [0.2, 0.25) is 0 Å². The molecule has 22 nitrogen and oxygen atoms in total. The first-order valence-electron chi connectivity index (χ1n) is 36.5. The van der Waals surface area contributed by atoms with Gasteiger partial charge >= 0.3 is 30.0 Å². The third-order valence-corrected chi connectivity index (χ3v) is 30.5. The van der Waals surface area contributed by atoms with Crippen LogP contribution in [0.3, 0.4) is 0 Å². The number of likely N-dealkylation sites (N-methyl/N-ethyl adjacent to an activating group) is 2. The van der Waals surface area contributed by atoms with Crippen LogP contribution in [0, 0.1) is 57.1 Å². The molecule has 660 valence electrons. The van der Waals surface area contributed by atoms with Gasteiger partial charge in [-0.25, -0.2) is 9.59 Å². The summed E-state index contributed by atoms with van der Waals surface area (Å²) in [6.07, 6.45) is 0.374. The molecule has 12 N–H and O–H groups in total. The van der Waals surface area contributed by atoms with Crippen molar-refractivity contribution in [2.75, 3.05) is 13.6 Å². The number of hydrogen-bond donors (Lipinski definition) is 12. The molecule has 0 fully saturated rings. The van der Waals surface area contributed by atoms with E-state index >= 15 is 0 Å². The second-order valence-corrected chi connectivity index (χ2v) is 46.4. The number of carbonyl (C=O) groups excluding carboxylic acids is 1. The van der Waals surface area contributed by atoms with Crippen molar-refractivity contribution in [1.82, 2.24) is 21.3 Å². The molecule has 4 atom stereocenters. The lowest BCUT2D eigenvalue weighted by Gasteiger charge is -2.39. The SMILES string of the molecule is CC(C)(C)OC(=O)NC(Cc1cc(I)c(Oc2cc(I)c(O)c(I)c2)c(I)c1)C(=O)O.CCNC(Cc1cc(I)c(Oc2cc(I)c(O)c(I)c2)c(I)c1)C(=O)O.CNC(Cc1cc(I)c(Oc2cc(I)c(O)c(I)c2)c(I)c1)C(=O)O.O=C(O)C(Cc1cc(I)c(Oc2cc(I)c(O)c(I)c2)c(I)c1)NC(c1ccccc1)(c1ccccc1)c1ccccc1. The molecule has 0 heterocycles. The summed E-state index contributed by atoms with van der Waals surface area (Å²) >= 11 is 34.0. The quantitative estimate of drug-likeness (QED) is 0.0153. The molecule has 4 unspecified atom stereocenters. The van der Waals surface area contributed by atoms with Gasteiger partial charge in [-0.1, -0.05) is 97.9 Å². The standard InChI is InChI=1S/C34H25I4NO4.C20H19I4NO6.C17H15I4NO4.C16H13I4NO4/c35-26-19-25(20-27(36)31(26)40)43-32-28(37)16-21(17-29(32)38)18-30(33(41)42)39-34(22-10-4-1-5-11-22,23-12-6-2-7-13-23)24-14-8-3-9-15-24;1-20(2,3)31-19(29)25-15(18(27)28)6-9-4-13(23)17(14(24)5-9)30-10-7-11(21)16(26)12(22)8-10;1-2-22-14(17(24)25)5-8-3-12(20)16(13(21)4-8)26-9-6-10(18)15(23)11(19)7-9;1-21-13(16(23)24)4-7-2-11(19)15(12(20)3-7)25-8-5-9(17)14(22)10(18)6-8/h1-17,19-20,30,39-40H,18H2,(H,41,42);4-5,7-8,15,26H,6H2,1-3H3,(H,25,29)(H,27,28);3-4,6-7,14,22-23H,2,5H2,1H3,(H,24,25);2-3,5-6,13,21-22H,4H2,1H3,(H,23,24). The van der Waals surface area contributed by atoms with Crippen LogP contribution in [0.25, 0.3) is 0 Å². The van der Waals surface area contributed by atoms with Crippen molar-refractivity contribution in [3.63, 3.8) is 0 Å². The van der Waals surface area contributed by atoms with Gasteiger partial charge in [-0.05, 0) is 551 Å². The van der Waals surface area contributed by atoms with Gasteiger partial charge < -0.3 is 80.5 Å². The zero-order valence-electron chi connectivity index (χ0n) is 65.5. The van der Waals surface area contributed by atoms with Gasteiger partial charge in [0.1, 0.15) is 75.8 Å². The summed E-state index contributed by atoms with van der Waals surface area (Å²) in [5.41, 5.74) is 4.69. The summed E-state index contributed by atoms with van der Waals surface area (Å²) in [5.74, 6) is 2.41. The van der Waals surface area contributed by atoms with Crippen LogP contribution in [-0.2, 0) is 55.1 Å². The fraction of sp³-hybridized carbons (Fsp3) is 0.184. The second-order valence-electron chi connectivity index (χ2n) is 27.8. The molecule has 0 bridgehead atoms. The summed E-state index contributed by atoms with van der Waals surface area (Å²) in [7, 11) is 1.64. The molecule has 0 saturated carbocycles. The molecule has 11 rings (SSSR count). The first-order valence-corrected chi connectivity index (χ1v) is 53.8. The molecule has 0 spiro atoms. The van der Waals surface area contributed by atoms with Crippen LogP contribution in [0.4, 0.5) is 4.79 Å². The minimum Gasteiger partial charge on any atom is -0.506 e. The van der Waals surface area contributed by atoms with Crippen LogP contribution in [-0.4, -0.2) is 114 Å². The number of phenols is 4. The van der Waals surface area contributed by atoms with Crippen molar-refractivity contribution in [3.8, 4) is 69.0 Å². The number of aromatic hydroxyl groups is 4. The third kappa shape index (κ3) is 32.1. The number of nitrogens with one attached hydrogen (secondary N) is 4. The van der Waals surface area contributed by atoms with Crippen molar-refractivity contribution >= 4 is 391 Å². The lowest BCUT2D eigenvalue weighted by atomic mass is 9.76. The average molecular weight is 3490 g/mol. The van der Waals surface area contributed by atoms with Crippen LogP contribution >= 0.6 is 361 Å². The largest absolute Gasteiger partial charge is 0.506 e. The lowest BCUT2D eigenvalue weighted by molar-refractivity contribution is -0.140. The van der Waals surface area contributed by atoms with E-state index in [1.54, 1.807) is 76.3 Å². The summed E-state index contributed by atoms with van der Waals surface area (Å²) in [5, 5.41) is 90.2. The molecule has 11 aromatic rings. The van der Waals surface area contributed by atoms with Gasteiger partial charge in [-0.3, -0.25) is 19.7 Å². The Morgan fingerprint density at radius 3 is 0.768 bits per heavy atom. The van der Waals surface area contributed by atoms with Crippen molar-refractivity contribution in [2.45, 2.75) is 88.7 Å². The normalized spacial score (nSPS) is 12.1. The van der Waals surface area contributed by atoms with Crippen LogP contribution in [0.1, 0.15) is 66.6 Å². The Hall–Kier alpha value is -1.47. The zero-order chi connectivity index (χ0) is 92.2. The molecule has 0 aliphatic heterocycles. The van der Waals surface area contributed by atoms with Crippen LogP contribution in [0.2, 0.25) is 0 Å². The second kappa shape index (κ2) is 51.5. The maximum absolute atomic E-state index is 12.9. The number of halogens is 16. The van der Waals surface area contributed by atoms with E-state index in [0.29, 0.717) is 68.2 Å². The molecule has 11 aromatic carbocycles. The first kappa shape index (κ1) is 109. The minimum atomic E-state index is -1.15. The number of hydrogen-bond acceptors (Lipinski definition) is 17. The highest BCUT2D eigenvalue weighted by Crippen LogP contribution is 2.44. The van der Waals surface area contributed by atoms with Crippen molar-refractivity contribution < 1.29 is 88.5 Å². The summed E-state index contributed by atoms with van der Waals surface area (Å²) in [6, 6.07) is 56.2. The van der Waals surface area contributed by atoms with E-state index in [2.05, 4.69) is 338 Å². The van der Waals surface area contributed by atoms with Crippen molar-refractivity contribution in [3.05, 3.63) is 284 Å². The zero-order valence-corrected chi connectivity index (χ0v) is 100.0. The number of ether oxygens (including phenoxy) is 5. The molecule has 125 heavy (non-hydrogen) atoms. The number of phenolic OH excluding ortho intramolecular Hbond substituents is 4. The molecular formula is C87H72I16N4O18. The fourth-order valence-corrected chi connectivity index (χ4v) is 27.2. The van der Waals surface area contributed by atoms with Gasteiger partial charge in [0.05, 0.1) is 62.7 Å². The Morgan fingerprint density at radius 2 is 0.552 bits per heavy atom. The van der Waals surface area contributed by atoms with Gasteiger partial charge in [-0.2, -0.15) is 0 Å². The Kier molecular flexibility index (Phi) is 44.8. The number of amides is 1. The van der Waals surface area contributed by atoms with E-state index in [0.717, 1.165) is 93.3 Å². The molecule has 0 radical (unpaired) electrons. The summed E-state index contributed by atoms with van der Waals surface area (Å²) < 4.78 is 42.1. The minimum absolute atomic E-state index is 0.0931. The first-order chi connectivity index (χ1) is 58.9. The van der Waals surface area contributed by atoms with Gasteiger partial charge in [0, 0.05) is 6.42 Å². The molecule has 0 aromatic heterocycles. The van der Waals surface area contributed by atoms with E-state index in [9.17, 15) is 64.8 Å². The molecule has 1 amide bonds. The number of carboxylic acids is 4. The molecule has 0 aliphatic rings. The van der Waals surface area contributed by atoms with Crippen LogP contribution in [0.15, 0.2) is 188 Å². The van der Waals surface area contributed by atoms with E-state index < -0.39 is 65.3 Å². The summed E-state index contributed by atoms with van der Waals surface area (Å²) in [6.45, 7) is 7.62. The predicted molar refractivity (Wildman–Crippen MR) is 617 cm³/mol. The van der Waals surface area contributed by atoms with Crippen molar-refractivity contribution in [2.24, 2.45) is 0 Å². The maximum Gasteiger partial charge on any atom is 0.408 e. The smallest absolute Gasteiger partial charge is 0.408 e. The monoisotopic (exact) mass is 3490 g/mol. The van der Waals surface area contributed by atoms with E-state index in [1.165, 1.54) is 0 Å². The Bertz CT molecular complexity index is 5450. The Labute approximate surface area is 940 Å². The highest BCUT2D eigenvalue weighted by atomic mass is 127. The number of carboxylic acid groups (broad SMARTS) is 4. The summed E-state index contributed by atoms with van der Waals surface area (Å²) in [4.78, 5) is 59.1. The van der Waals surface area contributed by atoms with Gasteiger partial charge in [0.15, 0.2) is 23.0 Å². The number of carbonyl (C=O) groups is 5. The Morgan fingerprint density at radius 1 is 0.328 bits per heavy atom. The number of benzene rings is 11. The van der Waals surface area contributed by atoms with E-state index in [4.69, 9.17) is 23.7 Å². The number of rotatable bonds is 29. The van der Waals surface area contributed by atoms with Crippen LogP contribution in [0.5, 0.6) is 69.0 Å². The maximum atomic E-state index is 12.9. The Balaban J connectivity index is 0.000000212. The van der Waals surface area contributed by atoms with Crippen molar-refractivity contribution in [1.29, 1.82) is 0 Å². The highest BCUT2D eigenvalue weighted by Gasteiger charge is 2.40. The average Bonchev–Trinajstić information content (AvgIpc) is 0.747. The van der Waals surface area contributed by atoms with Crippen LogP contribution < -0.4 is 40.2 Å². The lowest BCUT2D eigenvalue weighted by Crippen LogP contribution is -2.53. The molecule has 0 saturated heterocycles. The van der Waals surface area contributed by atoms with E-state index in [1.807, 2.05) is 192 Å². The predicted octanol–water partition coefficient (Wildman–Crippen LogP) is 25.3. The van der Waals surface area contributed by atoms with Gasteiger partial charge in [-0.15, -0.1) is 0 Å². The number of alkyl carbamates (subject to hydrolysis) is 1.